The van der Waals surface area contributed by atoms with Crippen LogP contribution >= 0.6 is 23.7 Å². The monoisotopic (exact) mass is 574 g/mol. The third-order valence-electron chi connectivity index (χ3n) is 5.89. The Balaban J connectivity index is 0.00000400. The molecule has 1 aromatic heterocycles. The SMILES string of the molecule is COc1ccc2sc(N(CCN(C)C)C(=O)c3ccc(S(=O)(=O)N(C)Cc4ccccc4)cc3)nc2c1.Cl. The van der Waals surface area contributed by atoms with Gasteiger partial charge in [-0.2, -0.15) is 4.31 Å². The molecule has 1 amide bonds. The summed E-state index contributed by atoms with van der Waals surface area (Å²) < 4.78 is 33.8. The van der Waals surface area contributed by atoms with Crippen LogP contribution in [-0.4, -0.2) is 69.9 Å². The average Bonchev–Trinajstić information content (AvgIpc) is 3.32. The predicted molar refractivity (Wildman–Crippen MR) is 155 cm³/mol. The highest BCUT2D eigenvalue weighted by molar-refractivity contribution is 7.89. The zero-order valence-electron chi connectivity index (χ0n) is 21.7. The van der Waals surface area contributed by atoms with E-state index >= 15 is 0 Å². The molecule has 202 valence electrons. The van der Waals surface area contributed by atoms with Crippen molar-refractivity contribution in [2.24, 2.45) is 0 Å². The molecule has 0 saturated heterocycles. The summed E-state index contributed by atoms with van der Waals surface area (Å²) in [6, 6.07) is 21.1. The number of halogens is 1. The minimum atomic E-state index is -3.72. The molecule has 11 heteroatoms. The first-order chi connectivity index (χ1) is 17.7. The summed E-state index contributed by atoms with van der Waals surface area (Å²) in [5.41, 5.74) is 2.04. The molecule has 0 bridgehead atoms. The van der Waals surface area contributed by atoms with E-state index in [1.807, 2.05) is 67.5 Å². The number of rotatable bonds is 10. The second-order valence-corrected chi connectivity index (χ2v) is 11.9. The van der Waals surface area contributed by atoms with E-state index in [0.29, 0.717) is 29.5 Å². The molecule has 3 aromatic carbocycles. The van der Waals surface area contributed by atoms with Crippen LogP contribution in [0.2, 0.25) is 0 Å². The number of amides is 1. The number of anilines is 1. The first-order valence-electron chi connectivity index (χ1n) is 11.7. The zero-order chi connectivity index (χ0) is 26.6. The molecular weight excluding hydrogens is 544 g/mol. The maximum atomic E-state index is 13.6. The van der Waals surface area contributed by atoms with Gasteiger partial charge in [0.15, 0.2) is 5.13 Å². The molecule has 0 aliphatic heterocycles. The van der Waals surface area contributed by atoms with E-state index in [2.05, 4.69) is 4.98 Å². The van der Waals surface area contributed by atoms with Crippen LogP contribution in [0.4, 0.5) is 5.13 Å². The number of carbonyl (C=O) groups excluding carboxylic acids is 1. The summed E-state index contributed by atoms with van der Waals surface area (Å²) in [4.78, 5) is 22.0. The Bertz CT molecular complexity index is 1480. The number of aromatic nitrogens is 1. The number of thiazole rings is 1. The maximum Gasteiger partial charge on any atom is 0.260 e. The molecule has 8 nitrogen and oxygen atoms in total. The van der Waals surface area contributed by atoms with Gasteiger partial charge in [-0.1, -0.05) is 41.7 Å². The van der Waals surface area contributed by atoms with Crippen molar-refractivity contribution in [3.63, 3.8) is 0 Å². The van der Waals surface area contributed by atoms with E-state index in [0.717, 1.165) is 15.8 Å². The van der Waals surface area contributed by atoms with Crippen LogP contribution in [-0.2, 0) is 16.6 Å². The van der Waals surface area contributed by atoms with Gasteiger partial charge in [0.1, 0.15) is 5.75 Å². The van der Waals surface area contributed by atoms with Crippen molar-refractivity contribution in [3.05, 3.63) is 83.9 Å². The number of nitrogens with zero attached hydrogens (tertiary/aromatic N) is 4. The Morgan fingerprint density at radius 1 is 0.947 bits per heavy atom. The van der Waals surface area contributed by atoms with Crippen molar-refractivity contribution in [1.29, 1.82) is 0 Å². The Morgan fingerprint density at radius 3 is 2.26 bits per heavy atom. The minimum Gasteiger partial charge on any atom is -0.497 e. The van der Waals surface area contributed by atoms with Gasteiger partial charge in [0.2, 0.25) is 10.0 Å². The zero-order valence-corrected chi connectivity index (χ0v) is 24.1. The number of benzene rings is 3. The van der Waals surface area contributed by atoms with Gasteiger partial charge in [-0.15, -0.1) is 12.4 Å². The summed E-state index contributed by atoms with van der Waals surface area (Å²) in [5, 5.41) is 0.578. The summed E-state index contributed by atoms with van der Waals surface area (Å²) in [5.74, 6) is 0.457. The molecule has 0 fully saturated rings. The highest BCUT2D eigenvalue weighted by Gasteiger charge is 2.24. The Kier molecular flexibility index (Phi) is 9.86. The quantitative estimate of drug-likeness (QED) is 0.272. The number of likely N-dealkylation sites (N-methyl/N-ethyl adjacent to an activating group) is 1. The lowest BCUT2D eigenvalue weighted by molar-refractivity contribution is 0.0985. The van der Waals surface area contributed by atoms with Gasteiger partial charge in [0, 0.05) is 38.3 Å². The minimum absolute atomic E-state index is 0. The Labute approximate surface area is 233 Å². The molecule has 0 atom stereocenters. The number of fused-ring (bicyclic) bond motifs is 1. The standard InChI is InChI=1S/C27H30N4O4S2.ClH/c1-29(2)16-17-31(27-28-24-18-22(35-4)12-15-25(24)36-27)26(32)21-10-13-23(14-11-21)37(33,34)30(3)19-20-8-6-5-7-9-20;/h5-15,18H,16-17,19H2,1-4H3;1H. The molecule has 4 rings (SSSR count). The van der Waals surface area contributed by atoms with Crippen LogP contribution in [0.3, 0.4) is 0 Å². The normalized spacial score (nSPS) is 11.5. The van der Waals surface area contributed by atoms with Crippen molar-refractivity contribution in [3.8, 4) is 5.75 Å². The summed E-state index contributed by atoms with van der Waals surface area (Å²) in [6.07, 6.45) is 0. The molecule has 0 N–H and O–H groups in total. The number of hydrogen-bond acceptors (Lipinski definition) is 7. The fourth-order valence-electron chi connectivity index (χ4n) is 3.75. The molecule has 0 spiro atoms. The molecule has 38 heavy (non-hydrogen) atoms. The number of carbonyl (C=O) groups is 1. The Hall–Kier alpha value is -3.02. The first-order valence-corrected chi connectivity index (χ1v) is 14.0. The predicted octanol–water partition coefficient (Wildman–Crippen LogP) is 4.76. The van der Waals surface area contributed by atoms with Gasteiger partial charge in [0.05, 0.1) is 22.2 Å². The summed E-state index contributed by atoms with van der Waals surface area (Å²) in [7, 11) is 3.32. The van der Waals surface area contributed by atoms with E-state index in [-0.39, 0.29) is 29.8 Å². The molecule has 0 aliphatic rings. The van der Waals surface area contributed by atoms with Crippen LogP contribution in [0, 0.1) is 0 Å². The van der Waals surface area contributed by atoms with Gasteiger partial charge in [-0.3, -0.25) is 9.69 Å². The van der Waals surface area contributed by atoms with Crippen molar-refractivity contribution in [2.45, 2.75) is 11.4 Å². The van der Waals surface area contributed by atoms with Crippen molar-refractivity contribution in [1.82, 2.24) is 14.2 Å². The first kappa shape index (κ1) is 29.5. The lowest BCUT2D eigenvalue weighted by Crippen LogP contribution is -2.36. The number of methoxy groups -OCH3 is 1. The lowest BCUT2D eigenvalue weighted by Gasteiger charge is -2.22. The van der Waals surface area contributed by atoms with Crippen molar-refractivity contribution in [2.75, 3.05) is 46.2 Å². The van der Waals surface area contributed by atoms with Crippen LogP contribution < -0.4 is 9.64 Å². The molecule has 0 unspecified atom stereocenters. The third-order valence-corrected chi connectivity index (χ3v) is 8.76. The number of ether oxygens (including phenoxy) is 1. The smallest absolute Gasteiger partial charge is 0.260 e. The average molecular weight is 575 g/mol. The van der Waals surface area contributed by atoms with E-state index in [1.54, 1.807) is 31.2 Å². The molecule has 1 heterocycles. The molecule has 0 saturated carbocycles. The summed E-state index contributed by atoms with van der Waals surface area (Å²) in [6.45, 7) is 1.33. The van der Waals surface area contributed by atoms with Crippen LogP contribution in [0.5, 0.6) is 5.75 Å². The van der Waals surface area contributed by atoms with Gasteiger partial charge in [-0.25, -0.2) is 13.4 Å². The molecule has 0 aliphatic carbocycles. The van der Waals surface area contributed by atoms with E-state index in [4.69, 9.17) is 4.74 Å². The van der Waals surface area contributed by atoms with Gasteiger partial charge >= 0.3 is 0 Å². The van der Waals surface area contributed by atoms with E-state index < -0.39 is 10.0 Å². The maximum absolute atomic E-state index is 13.6. The van der Waals surface area contributed by atoms with Gasteiger partial charge in [0.25, 0.3) is 5.91 Å². The van der Waals surface area contributed by atoms with E-state index in [9.17, 15) is 13.2 Å². The van der Waals surface area contributed by atoms with Gasteiger partial charge < -0.3 is 9.64 Å². The van der Waals surface area contributed by atoms with Crippen molar-refractivity contribution >= 4 is 55.0 Å². The third kappa shape index (κ3) is 6.69. The van der Waals surface area contributed by atoms with Crippen LogP contribution in [0.25, 0.3) is 10.2 Å². The molecular formula is C27H31ClN4O4S2. The van der Waals surface area contributed by atoms with Gasteiger partial charge in [-0.05, 0) is 56.1 Å². The number of hydrogen-bond donors (Lipinski definition) is 0. The molecule has 4 aromatic rings. The highest BCUT2D eigenvalue weighted by Crippen LogP contribution is 2.32. The fraction of sp³-hybridized carbons (Fsp3) is 0.259. The Morgan fingerprint density at radius 2 is 1.63 bits per heavy atom. The topological polar surface area (TPSA) is 83.0 Å². The second-order valence-electron chi connectivity index (χ2n) is 8.86. The molecule has 0 radical (unpaired) electrons. The lowest BCUT2D eigenvalue weighted by atomic mass is 10.2. The van der Waals surface area contributed by atoms with Crippen LogP contribution in [0.15, 0.2) is 77.7 Å². The van der Waals surface area contributed by atoms with Crippen LogP contribution in [0.1, 0.15) is 15.9 Å². The summed E-state index contributed by atoms with van der Waals surface area (Å²) >= 11 is 1.43. The number of sulfonamides is 1. The fourth-order valence-corrected chi connectivity index (χ4v) is 5.88. The van der Waals surface area contributed by atoms with E-state index in [1.165, 1.54) is 27.8 Å². The highest BCUT2D eigenvalue weighted by atomic mass is 35.5. The van der Waals surface area contributed by atoms with Crippen molar-refractivity contribution < 1.29 is 17.9 Å². The largest absolute Gasteiger partial charge is 0.497 e. The second kappa shape index (κ2) is 12.7.